The molecule has 1 heterocycles. The van der Waals surface area contributed by atoms with Crippen LogP contribution in [0.3, 0.4) is 0 Å². The van der Waals surface area contributed by atoms with Crippen LogP contribution >= 0.6 is 0 Å². The van der Waals surface area contributed by atoms with Crippen molar-refractivity contribution in [1.29, 1.82) is 0 Å². The lowest BCUT2D eigenvalue weighted by Crippen LogP contribution is -2.32. The maximum Gasteiger partial charge on any atom is 0.227 e. The lowest BCUT2D eigenvalue weighted by molar-refractivity contribution is -0.126. The Morgan fingerprint density at radius 3 is 2.56 bits per heavy atom. The van der Waals surface area contributed by atoms with Gasteiger partial charge < -0.3 is 10.2 Å². The first-order valence-electron chi connectivity index (χ1n) is 7.72. The summed E-state index contributed by atoms with van der Waals surface area (Å²) in [6.45, 7) is -0.00834. The normalized spacial score (nSPS) is 17.0. The van der Waals surface area contributed by atoms with Gasteiger partial charge in [-0.05, 0) is 30.3 Å². The molecule has 0 aliphatic carbocycles. The Morgan fingerprint density at radius 1 is 1.12 bits per heavy atom. The van der Waals surface area contributed by atoms with Gasteiger partial charge in [-0.15, -0.1) is 0 Å². The summed E-state index contributed by atoms with van der Waals surface area (Å²) < 4.78 is 39.7. The molecule has 4 nitrogen and oxygen atoms in total. The van der Waals surface area contributed by atoms with Crippen LogP contribution in [0.4, 0.5) is 18.9 Å². The molecule has 2 aromatic rings. The van der Waals surface area contributed by atoms with E-state index in [1.54, 1.807) is 0 Å². The van der Waals surface area contributed by atoms with Crippen LogP contribution in [0, 0.1) is 23.4 Å². The minimum Gasteiger partial charge on any atom is -0.352 e. The molecule has 0 saturated carbocycles. The zero-order valence-corrected chi connectivity index (χ0v) is 13.1. The molecule has 1 fully saturated rings. The molecular formula is C18H15F3N2O2. The fourth-order valence-corrected chi connectivity index (χ4v) is 2.77. The van der Waals surface area contributed by atoms with Crippen molar-refractivity contribution < 1.29 is 22.8 Å². The molecule has 3 rings (SSSR count). The first kappa shape index (κ1) is 17.0. The molecule has 0 spiro atoms. The summed E-state index contributed by atoms with van der Waals surface area (Å²) in [5.74, 6) is -3.66. The summed E-state index contributed by atoms with van der Waals surface area (Å²) in [6.07, 6.45) is 0.00877. The highest BCUT2D eigenvalue weighted by atomic mass is 19.2. The average Bonchev–Trinajstić information content (AvgIpc) is 2.98. The van der Waals surface area contributed by atoms with E-state index >= 15 is 0 Å². The Morgan fingerprint density at radius 2 is 1.84 bits per heavy atom. The van der Waals surface area contributed by atoms with Gasteiger partial charge >= 0.3 is 0 Å². The predicted octanol–water partition coefficient (Wildman–Crippen LogP) is 2.77. The molecule has 130 valence electrons. The van der Waals surface area contributed by atoms with E-state index in [0.717, 1.165) is 6.07 Å². The van der Waals surface area contributed by atoms with Gasteiger partial charge in [0.05, 0.1) is 5.92 Å². The highest BCUT2D eigenvalue weighted by Gasteiger charge is 2.35. The number of carbonyl (C=O) groups excluding carboxylic acids is 2. The second-order valence-electron chi connectivity index (χ2n) is 5.81. The van der Waals surface area contributed by atoms with Crippen LogP contribution in [0.2, 0.25) is 0 Å². The molecule has 7 heteroatoms. The van der Waals surface area contributed by atoms with Gasteiger partial charge in [-0.3, -0.25) is 9.59 Å². The Hall–Kier alpha value is -2.83. The Labute approximate surface area is 142 Å². The van der Waals surface area contributed by atoms with Crippen LogP contribution in [0.15, 0.2) is 42.5 Å². The van der Waals surface area contributed by atoms with Gasteiger partial charge in [0.15, 0.2) is 11.6 Å². The lowest BCUT2D eigenvalue weighted by atomic mass is 10.1. The molecule has 1 unspecified atom stereocenters. The third kappa shape index (κ3) is 3.65. The molecule has 2 aromatic carbocycles. The summed E-state index contributed by atoms with van der Waals surface area (Å²) in [7, 11) is 0. The molecule has 0 aromatic heterocycles. The molecular weight excluding hydrogens is 333 g/mol. The quantitative estimate of drug-likeness (QED) is 0.924. The Kier molecular flexibility index (Phi) is 4.74. The van der Waals surface area contributed by atoms with Gasteiger partial charge in [0.2, 0.25) is 11.8 Å². The van der Waals surface area contributed by atoms with E-state index in [0.29, 0.717) is 5.69 Å². The van der Waals surface area contributed by atoms with Crippen molar-refractivity contribution in [2.45, 2.75) is 13.0 Å². The number of rotatable bonds is 4. The molecule has 25 heavy (non-hydrogen) atoms. The van der Waals surface area contributed by atoms with E-state index in [-0.39, 0.29) is 31.0 Å². The standard InChI is InChI=1S/C18H15F3N2O2/c19-13-4-6-14(7-5-13)23-10-12(8-16(23)24)18(25)22-9-11-2-1-3-15(20)17(11)21/h1-7,12H,8-10H2,(H,22,25). The minimum absolute atomic E-state index is 0.00877. The van der Waals surface area contributed by atoms with Crippen molar-refractivity contribution in [3.05, 3.63) is 65.5 Å². The Bertz CT molecular complexity index is 808. The van der Waals surface area contributed by atoms with Crippen molar-refractivity contribution in [1.82, 2.24) is 5.32 Å². The molecule has 1 aliphatic heterocycles. The highest BCUT2D eigenvalue weighted by Crippen LogP contribution is 2.25. The summed E-state index contributed by atoms with van der Waals surface area (Å²) >= 11 is 0. The van der Waals surface area contributed by atoms with Crippen LogP contribution in [0.5, 0.6) is 0 Å². The largest absolute Gasteiger partial charge is 0.352 e. The minimum atomic E-state index is -1.00. The smallest absolute Gasteiger partial charge is 0.227 e. The van der Waals surface area contributed by atoms with Crippen LogP contribution in [-0.4, -0.2) is 18.4 Å². The molecule has 1 atom stereocenters. The third-order valence-corrected chi connectivity index (χ3v) is 4.12. The van der Waals surface area contributed by atoms with Crippen molar-refractivity contribution in [3.63, 3.8) is 0 Å². The number of nitrogens with zero attached hydrogens (tertiary/aromatic N) is 1. The van der Waals surface area contributed by atoms with Crippen LogP contribution < -0.4 is 10.2 Å². The number of amides is 2. The van der Waals surface area contributed by atoms with Gasteiger partial charge in [0.1, 0.15) is 5.82 Å². The zero-order chi connectivity index (χ0) is 18.0. The van der Waals surface area contributed by atoms with Crippen LogP contribution in [-0.2, 0) is 16.1 Å². The fourth-order valence-electron chi connectivity index (χ4n) is 2.77. The maximum atomic E-state index is 13.6. The number of nitrogens with one attached hydrogen (secondary N) is 1. The van der Waals surface area contributed by atoms with Gasteiger partial charge in [-0.1, -0.05) is 12.1 Å². The van der Waals surface area contributed by atoms with Crippen molar-refractivity contribution in [2.75, 3.05) is 11.4 Å². The first-order valence-corrected chi connectivity index (χ1v) is 7.72. The zero-order valence-electron chi connectivity index (χ0n) is 13.1. The van der Waals surface area contributed by atoms with Gasteiger partial charge in [0.25, 0.3) is 0 Å². The number of hydrogen-bond donors (Lipinski definition) is 1. The summed E-state index contributed by atoms with van der Waals surface area (Å²) in [6, 6.07) is 9.15. The van der Waals surface area contributed by atoms with E-state index in [9.17, 15) is 22.8 Å². The van der Waals surface area contributed by atoms with E-state index in [4.69, 9.17) is 0 Å². The summed E-state index contributed by atoms with van der Waals surface area (Å²) in [4.78, 5) is 25.7. The summed E-state index contributed by atoms with van der Waals surface area (Å²) in [5, 5.41) is 2.53. The second-order valence-corrected chi connectivity index (χ2v) is 5.81. The van der Waals surface area contributed by atoms with Crippen molar-refractivity contribution in [3.8, 4) is 0 Å². The Balaban J connectivity index is 1.63. The van der Waals surface area contributed by atoms with E-state index in [2.05, 4.69) is 5.32 Å². The lowest BCUT2D eigenvalue weighted by Gasteiger charge is -2.16. The highest BCUT2D eigenvalue weighted by molar-refractivity contribution is 6.00. The van der Waals surface area contributed by atoms with Gasteiger partial charge in [-0.2, -0.15) is 0 Å². The van der Waals surface area contributed by atoms with Gasteiger partial charge in [0, 0.05) is 30.8 Å². The number of anilines is 1. The maximum absolute atomic E-state index is 13.6. The first-order chi connectivity index (χ1) is 12.0. The van der Waals surface area contributed by atoms with E-state index in [1.165, 1.54) is 41.3 Å². The molecule has 0 radical (unpaired) electrons. The SMILES string of the molecule is O=C(NCc1cccc(F)c1F)C1CC(=O)N(c2ccc(F)cc2)C1. The third-order valence-electron chi connectivity index (χ3n) is 4.12. The van der Waals surface area contributed by atoms with Crippen molar-refractivity contribution in [2.24, 2.45) is 5.92 Å². The fraction of sp³-hybridized carbons (Fsp3) is 0.222. The predicted molar refractivity (Wildman–Crippen MR) is 85.1 cm³/mol. The number of hydrogen-bond acceptors (Lipinski definition) is 2. The molecule has 1 N–H and O–H groups in total. The van der Waals surface area contributed by atoms with Gasteiger partial charge in [-0.25, -0.2) is 13.2 Å². The summed E-state index contributed by atoms with van der Waals surface area (Å²) in [5.41, 5.74) is 0.547. The second kappa shape index (κ2) is 6.96. The van der Waals surface area contributed by atoms with E-state index < -0.39 is 29.3 Å². The topological polar surface area (TPSA) is 49.4 Å². The van der Waals surface area contributed by atoms with E-state index in [1.807, 2.05) is 0 Å². The molecule has 1 saturated heterocycles. The monoisotopic (exact) mass is 348 g/mol. The van der Waals surface area contributed by atoms with Crippen LogP contribution in [0.1, 0.15) is 12.0 Å². The molecule has 2 amide bonds. The molecule has 0 bridgehead atoms. The number of carbonyl (C=O) groups is 2. The number of halogens is 3. The molecule has 1 aliphatic rings. The van der Waals surface area contributed by atoms with Crippen LogP contribution in [0.25, 0.3) is 0 Å². The van der Waals surface area contributed by atoms with Crippen molar-refractivity contribution >= 4 is 17.5 Å². The number of benzene rings is 2. The average molecular weight is 348 g/mol.